The molecule has 0 aliphatic rings. The Kier molecular flexibility index (Phi) is 12.6. The first-order valence-corrected chi connectivity index (χ1v) is 10.4. The molecule has 0 bridgehead atoms. The van der Waals surface area contributed by atoms with Gasteiger partial charge < -0.3 is 9.30 Å². The zero-order valence-electron chi connectivity index (χ0n) is 18.9. The number of aromatic nitrogens is 3. The topological polar surface area (TPSA) is 60.2 Å². The van der Waals surface area contributed by atoms with E-state index in [0.29, 0.717) is 6.61 Å². The minimum Gasteiger partial charge on any atom is -0.494 e. The minimum absolute atomic E-state index is 0. The molecule has 0 radical (unpaired) electrons. The third-order valence-corrected chi connectivity index (χ3v) is 5.27. The molecule has 0 amide bonds. The van der Waals surface area contributed by atoms with E-state index in [1.54, 1.807) is 23.9 Å². The molecule has 0 saturated carbocycles. The molecule has 9 heteroatoms. The number of hydrogen-bond donors (Lipinski definition) is 0. The molecule has 3 heterocycles. The van der Waals surface area contributed by atoms with E-state index in [4.69, 9.17) is 4.74 Å². The molecule has 0 unspecified atom stereocenters. The van der Waals surface area contributed by atoms with Gasteiger partial charge in [-0.2, -0.15) is 0 Å². The van der Waals surface area contributed by atoms with Crippen LogP contribution in [-0.4, -0.2) is 32.6 Å². The van der Waals surface area contributed by atoms with E-state index in [0.717, 1.165) is 42.7 Å². The van der Waals surface area contributed by atoms with Crippen LogP contribution in [0.1, 0.15) is 17.5 Å². The van der Waals surface area contributed by atoms with E-state index in [-0.39, 0.29) is 42.8 Å². The maximum absolute atomic E-state index is 11.8. The second kappa shape index (κ2) is 14.6. The first-order valence-electron chi connectivity index (χ1n) is 10.4. The minimum atomic E-state index is -0.0101. The Bertz CT molecular complexity index is 1150. The van der Waals surface area contributed by atoms with Crippen LogP contribution in [0.25, 0.3) is 10.9 Å². The average molecular weight is 524 g/mol. The van der Waals surface area contributed by atoms with E-state index < -0.39 is 0 Å². The lowest BCUT2D eigenvalue weighted by Crippen LogP contribution is -2.25. The van der Waals surface area contributed by atoms with Crippen molar-refractivity contribution in [2.24, 2.45) is 7.05 Å². The summed E-state index contributed by atoms with van der Waals surface area (Å²) in [7, 11) is 1.78. The van der Waals surface area contributed by atoms with E-state index in [1.165, 1.54) is 11.1 Å². The number of nitrogens with zero attached hydrogens (tertiary/aromatic N) is 4. The number of rotatable bonds is 9. The maximum atomic E-state index is 11.8. The van der Waals surface area contributed by atoms with Crippen molar-refractivity contribution in [3.05, 3.63) is 101 Å². The van der Waals surface area contributed by atoms with Crippen molar-refractivity contribution in [2.45, 2.75) is 19.5 Å². The number of ether oxygens (including phenoxy) is 1. The summed E-state index contributed by atoms with van der Waals surface area (Å²) in [6.07, 6.45) is 8.27. The number of pyridine rings is 3. The van der Waals surface area contributed by atoms with Gasteiger partial charge in [0.2, 0.25) is 0 Å². The van der Waals surface area contributed by atoms with Gasteiger partial charge in [0.15, 0.2) is 0 Å². The largest absolute Gasteiger partial charge is 0.494 e. The monoisotopic (exact) mass is 522 g/mol. The highest BCUT2D eigenvalue weighted by Gasteiger charge is 2.08. The molecule has 0 spiro atoms. The number of aryl methyl sites for hydroxylation is 1. The number of hydrogen-bond acceptors (Lipinski definition) is 5. The summed E-state index contributed by atoms with van der Waals surface area (Å²) < 4.78 is 7.65. The number of fused-ring (bicyclic) bond motifs is 1. The fraction of sp³-hybridized carbons (Fsp3) is 0.240. The number of benzene rings is 1. The second-order valence-corrected chi connectivity index (χ2v) is 7.58. The Hall–Kier alpha value is -2.64. The highest BCUT2D eigenvalue weighted by molar-refractivity contribution is 5.86. The highest BCUT2D eigenvalue weighted by Crippen LogP contribution is 2.19. The standard InChI is InChI=1S/C25H26N4O2.3ClH/c1-28-24-7-6-23(16-22(24)5-8-25(28)30)31-15-3-14-29(18-20-9-12-26-13-10-20)19-21-4-2-11-27-17-21;;;/h2,4-13,16-17H,3,14-15,18-19H2,1H3;3*1H. The fourth-order valence-corrected chi connectivity index (χ4v) is 3.64. The molecule has 4 aromatic rings. The van der Waals surface area contributed by atoms with E-state index in [2.05, 4.69) is 33.1 Å². The van der Waals surface area contributed by atoms with Gasteiger partial charge in [-0.15, -0.1) is 37.2 Å². The van der Waals surface area contributed by atoms with Crippen molar-refractivity contribution in [3.63, 3.8) is 0 Å². The van der Waals surface area contributed by atoms with Crippen molar-refractivity contribution in [1.82, 2.24) is 19.4 Å². The molecule has 182 valence electrons. The Morgan fingerprint density at radius 2 is 1.65 bits per heavy atom. The lowest BCUT2D eigenvalue weighted by atomic mass is 10.2. The maximum Gasteiger partial charge on any atom is 0.250 e. The first kappa shape index (κ1) is 29.4. The van der Waals surface area contributed by atoms with E-state index in [1.807, 2.05) is 48.9 Å². The summed E-state index contributed by atoms with van der Waals surface area (Å²) in [5.74, 6) is 0.819. The molecule has 0 fully saturated rings. The van der Waals surface area contributed by atoms with E-state index >= 15 is 0 Å². The van der Waals surface area contributed by atoms with Gasteiger partial charge in [0.05, 0.1) is 12.1 Å². The van der Waals surface area contributed by atoms with Crippen LogP contribution in [0.2, 0.25) is 0 Å². The average Bonchev–Trinajstić information content (AvgIpc) is 2.80. The SMILES string of the molecule is Cl.Cl.Cl.Cn1c(=O)ccc2cc(OCCCN(Cc3ccncc3)Cc3cccnc3)ccc21. The van der Waals surface area contributed by atoms with Crippen molar-refractivity contribution in [2.75, 3.05) is 13.2 Å². The molecule has 0 atom stereocenters. The van der Waals surface area contributed by atoms with Crippen LogP contribution >= 0.6 is 37.2 Å². The molecule has 1 aromatic carbocycles. The van der Waals surface area contributed by atoms with Crippen molar-refractivity contribution < 1.29 is 4.74 Å². The van der Waals surface area contributed by atoms with Gasteiger partial charge in [-0.3, -0.25) is 19.7 Å². The zero-order valence-corrected chi connectivity index (χ0v) is 21.3. The van der Waals surface area contributed by atoms with Gasteiger partial charge in [-0.25, -0.2) is 0 Å². The number of halogens is 3. The predicted molar refractivity (Wildman–Crippen MR) is 144 cm³/mol. The van der Waals surface area contributed by atoms with Crippen LogP contribution in [0.5, 0.6) is 5.75 Å². The molecular formula is C25H29Cl3N4O2. The van der Waals surface area contributed by atoms with Crippen LogP contribution in [0.3, 0.4) is 0 Å². The molecule has 0 aliphatic heterocycles. The summed E-state index contributed by atoms with van der Waals surface area (Å²) >= 11 is 0. The lowest BCUT2D eigenvalue weighted by molar-refractivity contribution is 0.221. The molecular weight excluding hydrogens is 495 g/mol. The highest BCUT2D eigenvalue weighted by atomic mass is 35.5. The third-order valence-electron chi connectivity index (χ3n) is 5.27. The Morgan fingerprint density at radius 3 is 2.38 bits per heavy atom. The predicted octanol–water partition coefficient (Wildman–Crippen LogP) is 5.07. The summed E-state index contributed by atoms with van der Waals surface area (Å²) in [4.78, 5) is 22.5. The molecule has 6 nitrogen and oxygen atoms in total. The lowest BCUT2D eigenvalue weighted by Gasteiger charge is -2.22. The van der Waals surface area contributed by atoms with Gasteiger partial charge in [0.1, 0.15) is 5.75 Å². The van der Waals surface area contributed by atoms with Crippen LogP contribution in [-0.2, 0) is 20.1 Å². The molecule has 0 N–H and O–H groups in total. The van der Waals surface area contributed by atoms with Gasteiger partial charge in [0.25, 0.3) is 5.56 Å². The summed E-state index contributed by atoms with van der Waals surface area (Å²) in [5.41, 5.74) is 3.32. The summed E-state index contributed by atoms with van der Waals surface area (Å²) in [5, 5.41) is 0.996. The van der Waals surface area contributed by atoms with Crippen molar-refractivity contribution >= 4 is 48.1 Å². The van der Waals surface area contributed by atoms with Crippen molar-refractivity contribution in [1.29, 1.82) is 0 Å². The van der Waals surface area contributed by atoms with Crippen LogP contribution in [0, 0.1) is 0 Å². The van der Waals surface area contributed by atoms with Gasteiger partial charge in [0, 0.05) is 62.9 Å². The first-order chi connectivity index (χ1) is 15.2. The van der Waals surface area contributed by atoms with Gasteiger partial charge in [-0.1, -0.05) is 6.07 Å². The third kappa shape index (κ3) is 7.99. The smallest absolute Gasteiger partial charge is 0.250 e. The van der Waals surface area contributed by atoms with Gasteiger partial charge >= 0.3 is 0 Å². The second-order valence-electron chi connectivity index (χ2n) is 7.58. The molecule has 34 heavy (non-hydrogen) atoms. The summed E-state index contributed by atoms with van der Waals surface area (Å²) in [6, 6.07) is 17.4. The zero-order chi connectivity index (χ0) is 21.5. The Balaban J connectivity index is 0.00000193. The van der Waals surface area contributed by atoms with Crippen molar-refractivity contribution in [3.8, 4) is 5.75 Å². The Labute approximate surface area is 218 Å². The molecule has 4 rings (SSSR count). The fourth-order valence-electron chi connectivity index (χ4n) is 3.64. The van der Waals surface area contributed by atoms with E-state index in [9.17, 15) is 4.79 Å². The van der Waals surface area contributed by atoms with Crippen LogP contribution in [0.4, 0.5) is 0 Å². The normalized spacial score (nSPS) is 10.2. The molecule has 3 aromatic heterocycles. The quantitative estimate of drug-likeness (QED) is 0.287. The molecule has 0 aliphatic carbocycles. The summed E-state index contributed by atoms with van der Waals surface area (Å²) in [6.45, 7) is 3.21. The van der Waals surface area contributed by atoms with Crippen LogP contribution in [0.15, 0.2) is 84.2 Å². The Morgan fingerprint density at radius 1 is 0.882 bits per heavy atom. The van der Waals surface area contributed by atoms with Crippen LogP contribution < -0.4 is 10.3 Å². The van der Waals surface area contributed by atoms with Gasteiger partial charge in [-0.05, 0) is 60.0 Å². The molecule has 0 saturated heterocycles.